The Hall–Kier alpha value is -1.57. The maximum Gasteiger partial charge on any atom is 0.318 e. The van der Waals surface area contributed by atoms with Crippen LogP contribution in [0.5, 0.6) is 0 Å². The van der Waals surface area contributed by atoms with Crippen molar-refractivity contribution in [2.24, 2.45) is 0 Å². The highest BCUT2D eigenvalue weighted by Gasteiger charge is 1.82. The first kappa shape index (κ1) is 13.1. The van der Waals surface area contributed by atoms with E-state index in [9.17, 15) is 9.59 Å². The van der Waals surface area contributed by atoms with Crippen molar-refractivity contribution >= 4 is 11.9 Å². The van der Waals surface area contributed by atoms with Crippen LogP contribution in [0.2, 0.25) is 0 Å². The molecule has 5 nitrogen and oxygen atoms in total. The zero-order chi connectivity index (χ0) is 9.98. The van der Waals surface area contributed by atoms with Crippen LogP contribution < -0.4 is 5.32 Å². The average Bonchev–Trinajstić information content (AvgIpc) is 1.87. The van der Waals surface area contributed by atoms with Crippen LogP contribution in [-0.2, 0) is 14.3 Å². The lowest BCUT2D eigenvalue weighted by atomic mass is 10.6. The van der Waals surface area contributed by atoms with Crippen LogP contribution in [0.3, 0.4) is 0 Å². The molecular weight excluding hydrogens is 160 g/mol. The summed E-state index contributed by atoms with van der Waals surface area (Å²) in [4.78, 5) is 19.5. The van der Waals surface area contributed by atoms with Gasteiger partial charge in [0.2, 0.25) is 5.91 Å². The highest BCUT2D eigenvalue weighted by Crippen LogP contribution is 1.65. The number of rotatable bonds is 1. The lowest BCUT2D eigenvalue weighted by Crippen LogP contribution is -2.18. The topological polar surface area (TPSA) is 79.2 Å². The fourth-order valence-corrected chi connectivity index (χ4v) is 0.313. The van der Waals surface area contributed by atoms with Gasteiger partial charge in [0.1, 0.15) is 0 Å². The lowest BCUT2D eigenvalue weighted by Gasteiger charge is -1.88. The number of carbonyl (C=O) groups is 2. The molecule has 0 saturated heterocycles. The first-order valence-electron chi connectivity index (χ1n) is 3.35. The summed E-state index contributed by atoms with van der Waals surface area (Å²) in [6, 6.07) is 0. The molecule has 0 aliphatic rings. The minimum atomic E-state index is -0.572. The Morgan fingerprint density at radius 3 is 2.00 bits per heavy atom. The summed E-state index contributed by atoms with van der Waals surface area (Å²) in [5, 5.41) is 10.1. The summed E-state index contributed by atoms with van der Waals surface area (Å²) in [5.74, 6) is -0.532. The van der Waals surface area contributed by atoms with Crippen molar-refractivity contribution in [2.75, 3.05) is 6.54 Å². The number of nitriles is 1. The molecule has 0 fully saturated rings. The third-order valence-corrected chi connectivity index (χ3v) is 0.615. The maximum absolute atomic E-state index is 9.93. The molecule has 0 heterocycles. The van der Waals surface area contributed by atoms with Gasteiger partial charge >= 0.3 is 5.97 Å². The summed E-state index contributed by atoms with van der Waals surface area (Å²) in [7, 11) is 0. The zero-order valence-corrected chi connectivity index (χ0v) is 7.38. The molecule has 0 radical (unpaired) electrons. The van der Waals surface area contributed by atoms with Crippen molar-refractivity contribution in [1.82, 2.24) is 5.32 Å². The van der Waals surface area contributed by atoms with Crippen molar-refractivity contribution in [3.63, 3.8) is 0 Å². The van der Waals surface area contributed by atoms with E-state index in [2.05, 4.69) is 10.1 Å². The summed E-state index contributed by atoms with van der Waals surface area (Å²) in [6.07, 6.45) is 1.22. The van der Waals surface area contributed by atoms with Crippen LogP contribution in [0.4, 0.5) is 0 Å². The van der Waals surface area contributed by atoms with Crippen LogP contribution in [0.15, 0.2) is 0 Å². The zero-order valence-electron chi connectivity index (χ0n) is 7.38. The number of nitrogens with zero attached hydrogens (tertiary/aromatic N) is 1. The molecule has 0 rings (SSSR count). The standard InChI is InChI=1S/C4H9NO.C3H3NO2/c1-3-5-4(2)6;1-3(5)6-2-4/h3H2,1-2H3,(H,5,6);1H3. The van der Waals surface area contributed by atoms with Gasteiger partial charge in [0, 0.05) is 20.4 Å². The molecule has 0 saturated carbocycles. The largest absolute Gasteiger partial charge is 0.357 e. The maximum atomic E-state index is 9.93. The van der Waals surface area contributed by atoms with Gasteiger partial charge in [0.15, 0.2) is 0 Å². The Balaban J connectivity index is 0. The van der Waals surface area contributed by atoms with Gasteiger partial charge in [-0.15, -0.1) is 5.26 Å². The highest BCUT2D eigenvalue weighted by molar-refractivity contribution is 5.72. The van der Waals surface area contributed by atoms with E-state index < -0.39 is 5.97 Å². The smallest absolute Gasteiger partial charge is 0.318 e. The molecule has 0 unspecified atom stereocenters. The molecule has 12 heavy (non-hydrogen) atoms. The summed E-state index contributed by atoms with van der Waals surface area (Å²) in [5.41, 5.74) is 0. The van der Waals surface area contributed by atoms with E-state index in [0.29, 0.717) is 0 Å². The SMILES string of the molecule is CC(=O)OC#N.CCNC(C)=O. The first-order chi connectivity index (χ1) is 5.54. The van der Waals surface area contributed by atoms with Crippen molar-refractivity contribution < 1.29 is 14.3 Å². The molecule has 0 aromatic heterocycles. The second-order valence-corrected chi connectivity index (χ2v) is 1.77. The monoisotopic (exact) mass is 172 g/mol. The van der Waals surface area contributed by atoms with Gasteiger partial charge in [-0.1, -0.05) is 0 Å². The van der Waals surface area contributed by atoms with E-state index in [1.807, 2.05) is 6.92 Å². The molecule has 0 aromatic carbocycles. The van der Waals surface area contributed by atoms with Gasteiger partial charge < -0.3 is 10.1 Å². The number of ether oxygens (including phenoxy) is 1. The molecule has 1 amide bonds. The van der Waals surface area contributed by atoms with Gasteiger partial charge in [0.05, 0.1) is 0 Å². The van der Waals surface area contributed by atoms with Gasteiger partial charge in [0.25, 0.3) is 6.26 Å². The van der Waals surface area contributed by atoms with Crippen LogP contribution in [0.25, 0.3) is 0 Å². The van der Waals surface area contributed by atoms with E-state index in [0.717, 1.165) is 6.54 Å². The molecule has 0 aliphatic carbocycles. The van der Waals surface area contributed by atoms with Gasteiger partial charge in [-0.25, -0.2) is 0 Å². The highest BCUT2D eigenvalue weighted by atomic mass is 16.5. The third-order valence-electron chi connectivity index (χ3n) is 0.615. The molecular formula is C7H12N2O3. The number of hydrogen-bond donors (Lipinski definition) is 1. The molecule has 0 aromatic rings. The van der Waals surface area contributed by atoms with Crippen molar-refractivity contribution in [1.29, 1.82) is 5.26 Å². The fraction of sp³-hybridized carbons (Fsp3) is 0.571. The minimum absolute atomic E-state index is 0.0394. The van der Waals surface area contributed by atoms with E-state index in [4.69, 9.17) is 5.26 Å². The van der Waals surface area contributed by atoms with Crippen molar-refractivity contribution in [3.05, 3.63) is 0 Å². The van der Waals surface area contributed by atoms with Crippen LogP contribution in [0, 0.1) is 11.5 Å². The molecule has 0 atom stereocenters. The molecule has 0 bridgehead atoms. The predicted octanol–water partition coefficient (Wildman–Crippen LogP) is 0.173. The molecule has 1 N–H and O–H groups in total. The Morgan fingerprint density at radius 2 is 2.00 bits per heavy atom. The summed E-state index contributed by atoms with van der Waals surface area (Å²) < 4.78 is 3.71. The minimum Gasteiger partial charge on any atom is -0.357 e. The molecule has 5 heteroatoms. The average molecular weight is 172 g/mol. The number of esters is 1. The number of amides is 1. The van der Waals surface area contributed by atoms with Crippen LogP contribution in [-0.4, -0.2) is 18.4 Å². The first-order valence-corrected chi connectivity index (χ1v) is 3.35. The quantitative estimate of drug-likeness (QED) is 0.451. The van der Waals surface area contributed by atoms with Crippen molar-refractivity contribution in [2.45, 2.75) is 20.8 Å². The second-order valence-electron chi connectivity index (χ2n) is 1.77. The van der Waals surface area contributed by atoms with Crippen LogP contribution >= 0.6 is 0 Å². The number of nitrogens with one attached hydrogen (secondary N) is 1. The lowest BCUT2D eigenvalue weighted by molar-refractivity contribution is -0.134. The van der Waals surface area contributed by atoms with Gasteiger partial charge in [-0.05, 0) is 6.92 Å². The predicted molar refractivity (Wildman–Crippen MR) is 41.7 cm³/mol. The fourth-order valence-electron chi connectivity index (χ4n) is 0.313. The Morgan fingerprint density at radius 1 is 1.50 bits per heavy atom. The molecule has 0 aliphatic heterocycles. The number of hydrogen-bond acceptors (Lipinski definition) is 4. The van der Waals surface area contributed by atoms with Gasteiger partial charge in [-0.3, -0.25) is 9.59 Å². The normalized spacial score (nSPS) is 6.83. The number of carbonyl (C=O) groups excluding carboxylic acids is 2. The van der Waals surface area contributed by atoms with E-state index in [-0.39, 0.29) is 5.91 Å². The van der Waals surface area contributed by atoms with E-state index >= 15 is 0 Å². The third kappa shape index (κ3) is 23.7. The van der Waals surface area contributed by atoms with E-state index in [1.54, 1.807) is 0 Å². The van der Waals surface area contributed by atoms with Gasteiger partial charge in [-0.2, -0.15) is 0 Å². The van der Waals surface area contributed by atoms with E-state index in [1.165, 1.54) is 20.1 Å². The Kier molecular flexibility index (Phi) is 10.3. The second kappa shape index (κ2) is 9.43. The Labute approximate surface area is 71.3 Å². The summed E-state index contributed by atoms with van der Waals surface area (Å²) in [6.45, 7) is 5.30. The van der Waals surface area contributed by atoms with Crippen molar-refractivity contribution in [3.8, 4) is 6.26 Å². The van der Waals surface area contributed by atoms with Crippen LogP contribution in [0.1, 0.15) is 20.8 Å². The molecule has 0 spiro atoms. The molecule has 68 valence electrons. The summed E-state index contributed by atoms with van der Waals surface area (Å²) >= 11 is 0. The Bertz CT molecular complexity index is 184.